The van der Waals surface area contributed by atoms with E-state index in [9.17, 15) is 14.7 Å². The first-order valence-electron chi connectivity index (χ1n) is 7.60. The van der Waals surface area contributed by atoms with Crippen molar-refractivity contribution in [1.29, 1.82) is 0 Å². The maximum absolute atomic E-state index is 12.8. The molecule has 0 bridgehead atoms. The molecule has 0 fully saturated rings. The molecule has 124 valence electrons. The molecule has 0 aliphatic heterocycles. The fourth-order valence-electron chi connectivity index (χ4n) is 2.66. The number of hydrogen-bond acceptors (Lipinski definition) is 5. The predicted octanol–water partition coefficient (Wildman–Crippen LogP) is 2.54. The Kier molecular flexibility index (Phi) is 3.70. The summed E-state index contributed by atoms with van der Waals surface area (Å²) in [4.78, 5) is 29.6. The number of benzene rings is 2. The number of nitrogens with zero attached hydrogens (tertiary/aromatic N) is 2. The van der Waals surface area contributed by atoms with E-state index in [2.05, 4.69) is 10.3 Å². The van der Waals surface area contributed by atoms with Gasteiger partial charge < -0.3 is 10.4 Å². The zero-order chi connectivity index (χ0) is 17.4. The van der Waals surface area contributed by atoms with E-state index in [1.807, 2.05) is 48.5 Å². The van der Waals surface area contributed by atoms with Crippen LogP contribution in [0.3, 0.4) is 0 Å². The summed E-state index contributed by atoms with van der Waals surface area (Å²) in [6, 6.07) is 16.6. The lowest BCUT2D eigenvalue weighted by Crippen LogP contribution is -2.31. The van der Waals surface area contributed by atoms with E-state index in [0.29, 0.717) is 10.5 Å². The third-order valence-corrected chi connectivity index (χ3v) is 4.89. The number of amides is 1. The van der Waals surface area contributed by atoms with Crippen molar-refractivity contribution in [3.05, 3.63) is 76.1 Å². The number of aromatic hydroxyl groups is 1. The summed E-state index contributed by atoms with van der Waals surface area (Å²) < 4.78 is 2.21. The Morgan fingerprint density at radius 2 is 1.84 bits per heavy atom. The number of aromatic nitrogens is 2. The molecule has 4 aromatic rings. The summed E-state index contributed by atoms with van der Waals surface area (Å²) in [7, 11) is 0. The third kappa shape index (κ3) is 2.64. The second kappa shape index (κ2) is 6.03. The fourth-order valence-corrected chi connectivity index (χ4v) is 3.68. The number of fused-ring (bicyclic) bond motifs is 3. The number of hydrogen-bond donors (Lipinski definition) is 2. The Labute approximate surface area is 146 Å². The molecule has 0 radical (unpaired) electrons. The minimum Gasteiger partial charge on any atom is -0.492 e. The smallest absolute Gasteiger partial charge is 0.275 e. The quantitative estimate of drug-likeness (QED) is 0.594. The van der Waals surface area contributed by atoms with Gasteiger partial charge in [-0.25, -0.2) is 0 Å². The van der Waals surface area contributed by atoms with Gasteiger partial charge in [0.1, 0.15) is 0 Å². The maximum Gasteiger partial charge on any atom is 0.275 e. The molecule has 1 amide bonds. The molecule has 2 aromatic heterocycles. The second-order valence-corrected chi connectivity index (χ2v) is 6.48. The monoisotopic (exact) mass is 351 g/mol. The molecule has 25 heavy (non-hydrogen) atoms. The summed E-state index contributed by atoms with van der Waals surface area (Å²) in [6.45, 7) is 0.256. The molecule has 0 saturated heterocycles. The van der Waals surface area contributed by atoms with Gasteiger partial charge in [0.2, 0.25) is 10.8 Å². The fraction of sp³-hybridized carbons (Fsp3) is 0.0556. The molecule has 2 N–H and O–H groups in total. The average Bonchev–Trinajstić information content (AvgIpc) is 2.99. The number of carbonyl (C=O) groups is 1. The topological polar surface area (TPSA) is 83.7 Å². The van der Waals surface area contributed by atoms with Gasteiger partial charge in [-0.3, -0.25) is 14.0 Å². The van der Waals surface area contributed by atoms with Crippen LogP contribution in [0.2, 0.25) is 0 Å². The van der Waals surface area contributed by atoms with Crippen LogP contribution in [-0.4, -0.2) is 20.4 Å². The van der Waals surface area contributed by atoms with Crippen molar-refractivity contribution in [3.8, 4) is 5.88 Å². The molecule has 2 aromatic carbocycles. The second-order valence-electron chi connectivity index (χ2n) is 5.47. The largest absolute Gasteiger partial charge is 0.492 e. The first-order chi connectivity index (χ1) is 12.1. The van der Waals surface area contributed by atoms with Crippen molar-refractivity contribution in [3.63, 3.8) is 0 Å². The van der Waals surface area contributed by atoms with Crippen molar-refractivity contribution in [1.82, 2.24) is 14.7 Å². The summed E-state index contributed by atoms with van der Waals surface area (Å²) in [6.07, 6.45) is 0. The first kappa shape index (κ1) is 15.3. The molecule has 0 atom stereocenters. The van der Waals surface area contributed by atoms with Crippen LogP contribution in [0.1, 0.15) is 15.9 Å². The Hall–Kier alpha value is -3.19. The van der Waals surface area contributed by atoms with Gasteiger partial charge in [0.15, 0.2) is 5.56 Å². The Bertz CT molecular complexity index is 1150. The molecule has 6 nitrogen and oxygen atoms in total. The highest BCUT2D eigenvalue weighted by atomic mass is 32.1. The van der Waals surface area contributed by atoms with Gasteiger partial charge in [0, 0.05) is 6.54 Å². The molecule has 7 heteroatoms. The lowest BCUT2D eigenvalue weighted by atomic mass is 10.2. The summed E-state index contributed by atoms with van der Waals surface area (Å²) in [5, 5.41) is 12.8. The number of nitrogens with one attached hydrogen (secondary N) is 1. The Morgan fingerprint density at radius 1 is 1.12 bits per heavy atom. The summed E-state index contributed by atoms with van der Waals surface area (Å²) >= 11 is 1.28. The van der Waals surface area contributed by atoms with E-state index in [1.165, 1.54) is 15.7 Å². The van der Waals surface area contributed by atoms with Gasteiger partial charge in [0.05, 0.1) is 10.2 Å². The lowest BCUT2D eigenvalue weighted by molar-refractivity contribution is 0.0946. The molecule has 4 rings (SSSR count). The van der Waals surface area contributed by atoms with Gasteiger partial charge in [0.25, 0.3) is 11.5 Å². The molecule has 0 aliphatic rings. The SMILES string of the molecule is O=C(NCc1ccccc1)c1c(O)nc2sc3ccccc3n2c1=O. The highest BCUT2D eigenvalue weighted by Crippen LogP contribution is 2.25. The van der Waals surface area contributed by atoms with Gasteiger partial charge in [-0.05, 0) is 17.7 Å². The van der Waals surface area contributed by atoms with Crippen LogP contribution in [0.25, 0.3) is 15.2 Å². The Balaban J connectivity index is 1.77. The summed E-state index contributed by atoms with van der Waals surface area (Å²) in [5.74, 6) is -1.20. The first-order valence-corrected chi connectivity index (χ1v) is 8.42. The molecule has 0 unspecified atom stereocenters. The van der Waals surface area contributed by atoms with E-state index >= 15 is 0 Å². The van der Waals surface area contributed by atoms with Gasteiger partial charge in [-0.2, -0.15) is 4.98 Å². The molecule has 0 aliphatic carbocycles. The summed E-state index contributed by atoms with van der Waals surface area (Å²) in [5.41, 5.74) is 0.630. The van der Waals surface area contributed by atoms with E-state index in [0.717, 1.165) is 10.3 Å². The molecule has 0 saturated carbocycles. The third-order valence-electron chi connectivity index (χ3n) is 3.86. The highest BCUT2D eigenvalue weighted by Gasteiger charge is 2.21. The van der Waals surface area contributed by atoms with E-state index in [1.54, 1.807) is 6.07 Å². The van der Waals surface area contributed by atoms with Crippen molar-refractivity contribution in [2.45, 2.75) is 6.54 Å². The van der Waals surface area contributed by atoms with Crippen LogP contribution in [0.15, 0.2) is 59.4 Å². The van der Waals surface area contributed by atoms with Crippen molar-refractivity contribution < 1.29 is 9.90 Å². The van der Waals surface area contributed by atoms with Crippen LogP contribution in [0.5, 0.6) is 5.88 Å². The van der Waals surface area contributed by atoms with Crippen LogP contribution in [0.4, 0.5) is 0 Å². The minimum absolute atomic E-state index is 0.256. The van der Waals surface area contributed by atoms with Crippen LogP contribution in [-0.2, 0) is 6.54 Å². The van der Waals surface area contributed by atoms with E-state index in [-0.39, 0.29) is 12.1 Å². The molecule has 0 spiro atoms. The Morgan fingerprint density at radius 3 is 2.64 bits per heavy atom. The standard InChI is InChI=1S/C18H13N3O3S/c22-15(19-10-11-6-2-1-3-7-11)14-16(23)20-18-21(17(14)24)12-8-4-5-9-13(12)25-18/h1-9,23H,10H2,(H,19,22). The predicted molar refractivity (Wildman–Crippen MR) is 96.1 cm³/mol. The van der Waals surface area contributed by atoms with Crippen molar-refractivity contribution in [2.75, 3.05) is 0 Å². The van der Waals surface area contributed by atoms with E-state index in [4.69, 9.17) is 0 Å². The normalized spacial score (nSPS) is 11.0. The van der Waals surface area contributed by atoms with Crippen molar-refractivity contribution >= 4 is 32.4 Å². The molecular weight excluding hydrogens is 338 g/mol. The average molecular weight is 351 g/mol. The van der Waals surface area contributed by atoms with Crippen LogP contribution >= 0.6 is 11.3 Å². The number of carbonyl (C=O) groups excluding carboxylic acids is 1. The number of thiazole rings is 1. The van der Waals surface area contributed by atoms with Crippen LogP contribution in [0, 0.1) is 0 Å². The lowest BCUT2D eigenvalue weighted by Gasteiger charge is -2.06. The number of para-hydroxylation sites is 1. The van der Waals surface area contributed by atoms with Crippen LogP contribution < -0.4 is 10.9 Å². The molecule has 2 heterocycles. The van der Waals surface area contributed by atoms with Gasteiger partial charge >= 0.3 is 0 Å². The molecular formula is C18H13N3O3S. The van der Waals surface area contributed by atoms with Crippen molar-refractivity contribution in [2.24, 2.45) is 0 Å². The van der Waals surface area contributed by atoms with Gasteiger partial charge in [-0.1, -0.05) is 53.8 Å². The van der Waals surface area contributed by atoms with Gasteiger partial charge in [-0.15, -0.1) is 0 Å². The highest BCUT2D eigenvalue weighted by molar-refractivity contribution is 7.23. The van der Waals surface area contributed by atoms with E-state index < -0.39 is 17.3 Å². The minimum atomic E-state index is -0.650. The number of rotatable bonds is 3. The zero-order valence-electron chi connectivity index (χ0n) is 13.0. The zero-order valence-corrected chi connectivity index (χ0v) is 13.8. The maximum atomic E-state index is 12.8.